The Balaban J connectivity index is 1.78. The van der Waals surface area contributed by atoms with Gasteiger partial charge in [0.25, 0.3) is 0 Å². The SMILES string of the molecule is COc1cc(/C=N\Nc2nc(-c3ccccc3)cs2)cc([N+](=O)[O-])c1OC. The summed E-state index contributed by atoms with van der Waals surface area (Å²) in [6, 6.07) is 12.8. The highest BCUT2D eigenvalue weighted by Crippen LogP contribution is 2.37. The van der Waals surface area contributed by atoms with Gasteiger partial charge < -0.3 is 9.47 Å². The number of nitrogens with one attached hydrogen (secondary N) is 1. The van der Waals surface area contributed by atoms with Gasteiger partial charge in [0.1, 0.15) is 0 Å². The first-order valence-electron chi connectivity index (χ1n) is 7.83. The van der Waals surface area contributed by atoms with Gasteiger partial charge in [-0.15, -0.1) is 11.3 Å². The molecule has 138 valence electrons. The number of nitro groups is 1. The molecular formula is C18H16N4O4S. The highest BCUT2D eigenvalue weighted by atomic mass is 32.1. The maximum atomic E-state index is 11.2. The Morgan fingerprint density at radius 2 is 2.00 bits per heavy atom. The molecule has 0 amide bonds. The molecule has 0 bridgehead atoms. The first-order valence-corrected chi connectivity index (χ1v) is 8.70. The Hall–Kier alpha value is -3.46. The van der Waals surface area contributed by atoms with Crippen LogP contribution in [-0.2, 0) is 0 Å². The highest BCUT2D eigenvalue weighted by Gasteiger charge is 2.21. The number of rotatable bonds is 7. The standard InChI is InChI=1S/C18H16N4O4S/c1-25-16-9-12(8-15(22(23)24)17(16)26-2)10-19-21-18-20-14(11-27-18)13-6-4-3-5-7-13/h3-11H,1-2H3,(H,20,21)/b19-10-. The number of hydrogen-bond donors (Lipinski definition) is 1. The summed E-state index contributed by atoms with van der Waals surface area (Å²) in [5, 5.41) is 17.9. The Bertz CT molecular complexity index is 973. The molecular weight excluding hydrogens is 368 g/mol. The van der Waals surface area contributed by atoms with Crippen LogP contribution in [0.25, 0.3) is 11.3 Å². The molecule has 1 aromatic heterocycles. The third-order valence-corrected chi connectivity index (χ3v) is 4.37. The maximum absolute atomic E-state index is 11.2. The fourth-order valence-electron chi connectivity index (χ4n) is 2.40. The summed E-state index contributed by atoms with van der Waals surface area (Å²) >= 11 is 1.41. The van der Waals surface area contributed by atoms with E-state index in [1.807, 2.05) is 35.7 Å². The van der Waals surface area contributed by atoms with Gasteiger partial charge in [-0.1, -0.05) is 30.3 Å². The van der Waals surface area contributed by atoms with Crippen LogP contribution in [-0.4, -0.2) is 30.3 Å². The van der Waals surface area contributed by atoms with Crippen LogP contribution in [0.5, 0.6) is 11.5 Å². The van der Waals surface area contributed by atoms with Crippen LogP contribution in [0.1, 0.15) is 5.56 Å². The molecule has 0 unspecified atom stereocenters. The molecule has 0 aliphatic carbocycles. The predicted molar refractivity (Wildman–Crippen MR) is 105 cm³/mol. The quantitative estimate of drug-likeness (QED) is 0.373. The lowest BCUT2D eigenvalue weighted by Gasteiger charge is -2.08. The van der Waals surface area contributed by atoms with E-state index in [-0.39, 0.29) is 17.2 Å². The summed E-state index contributed by atoms with van der Waals surface area (Å²) in [5.74, 6) is 0.328. The van der Waals surface area contributed by atoms with Gasteiger partial charge in [-0.05, 0) is 6.07 Å². The number of anilines is 1. The second-order valence-corrected chi connectivity index (χ2v) is 6.16. The van der Waals surface area contributed by atoms with Crippen LogP contribution in [0.3, 0.4) is 0 Å². The third kappa shape index (κ3) is 4.21. The molecule has 1 N–H and O–H groups in total. The fraction of sp³-hybridized carbons (Fsp3) is 0.111. The van der Waals surface area contributed by atoms with Crippen molar-refractivity contribution in [2.75, 3.05) is 19.6 Å². The summed E-state index contributed by atoms with van der Waals surface area (Å²) in [7, 11) is 2.77. The number of hydrogen-bond acceptors (Lipinski definition) is 8. The van der Waals surface area contributed by atoms with Crippen LogP contribution < -0.4 is 14.9 Å². The topological polar surface area (TPSA) is 98.9 Å². The van der Waals surface area contributed by atoms with E-state index in [9.17, 15) is 10.1 Å². The number of nitrogens with zero attached hydrogens (tertiary/aromatic N) is 3. The average molecular weight is 384 g/mol. The summed E-state index contributed by atoms with van der Waals surface area (Å²) in [4.78, 5) is 15.2. The molecule has 1 heterocycles. The second kappa shape index (κ2) is 8.28. The van der Waals surface area contributed by atoms with E-state index in [4.69, 9.17) is 9.47 Å². The predicted octanol–water partition coefficient (Wildman–Crippen LogP) is 4.18. The molecule has 0 aliphatic heterocycles. The number of ether oxygens (including phenoxy) is 2. The minimum atomic E-state index is -0.529. The third-order valence-electron chi connectivity index (χ3n) is 3.63. The van der Waals surface area contributed by atoms with Crippen LogP contribution in [0.4, 0.5) is 10.8 Å². The van der Waals surface area contributed by atoms with Crippen LogP contribution in [0.15, 0.2) is 52.9 Å². The molecule has 0 saturated heterocycles. The molecule has 0 aliphatic rings. The average Bonchev–Trinajstić information content (AvgIpc) is 3.16. The molecule has 2 aromatic carbocycles. The van der Waals surface area contributed by atoms with Crippen molar-refractivity contribution in [3.63, 3.8) is 0 Å². The molecule has 8 nitrogen and oxygen atoms in total. The van der Waals surface area contributed by atoms with Crippen molar-refractivity contribution in [1.82, 2.24) is 4.98 Å². The van der Waals surface area contributed by atoms with Gasteiger partial charge in [-0.3, -0.25) is 15.5 Å². The van der Waals surface area contributed by atoms with Gasteiger partial charge in [0.2, 0.25) is 10.9 Å². The number of aromatic nitrogens is 1. The zero-order valence-corrected chi connectivity index (χ0v) is 15.4. The van der Waals surface area contributed by atoms with Gasteiger partial charge in [0.15, 0.2) is 5.75 Å². The largest absolute Gasteiger partial charge is 0.493 e. The molecule has 0 fully saturated rings. The molecule has 3 aromatic rings. The minimum absolute atomic E-state index is 0.0695. The lowest BCUT2D eigenvalue weighted by Crippen LogP contribution is -1.99. The summed E-state index contributed by atoms with van der Waals surface area (Å²) in [6.45, 7) is 0. The van der Waals surface area contributed by atoms with Crippen molar-refractivity contribution in [3.8, 4) is 22.8 Å². The van der Waals surface area contributed by atoms with Crippen molar-refractivity contribution < 1.29 is 14.4 Å². The monoisotopic (exact) mass is 384 g/mol. The Labute approximate surface area is 159 Å². The maximum Gasteiger partial charge on any atom is 0.315 e. The molecule has 27 heavy (non-hydrogen) atoms. The summed E-state index contributed by atoms with van der Waals surface area (Å²) < 4.78 is 10.2. The van der Waals surface area contributed by atoms with Crippen LogP contribution >= 0.6 is 11.3 Å². The summed E-state index contributed by atoms with van der Waals surface area (Å²) in [6.07, 6.45) is 1.46. The number of nitro benzene ring substituents is 1. The van der Waals surface area contributed by atoms with E-state index in [1.54, 1.807) is 6.07 Å². The van der Waals surface area contributed by atoms with Gasteiger partial charge in [-0.2, -0.15) is 5.10 Å². The molecule has 0 radical (unpaired) electrons. The molecule has 0 atom stereocenters. The van der Waals surface area contributed by atoms with E-state index >= 15 is 0 Å². The first kappa shape index (κ1) is 18.3. The molecule has 3 rings (SSSR count). The van der Waals surface area contributed by atoms with Crippen molar-refractivity contribution in [2.45, 2.75) is 0 Å². The van der Waals surface area contributed by atoms with E-state index in [0.717, 1.165) is 11.3 Å². The van der Waals surface area contributed by atoms with E-state index in [2.05, 4.69) is 15.5 Å². The number of hydrazone groups is 1. The van der Waals surface area contributed by atoms with E-state index in [1.165, 1.54) is 37.8 Å². The molecule has 0 spiro atoms. The van der Waals surface area contributed by atoms with Crippen molar-refractivity contribution >= 4 is 28.4 Å². The molecule has 0 saturated carbocycles. The van der Waals surface area contributed by atoms with Gasteiger partial charge in [0.05, 0.1) is 31.1 Å². The summed E-state index contributed by atoms with van der Waals surface area (Å²) in [5.41, 5.74) is 4.99. The van der Waals surface area contributed by atoms with Crippen LogP contribution in [0.2, 0.25) is 0 Å². The van der Waals surface area contributed by atoms with Gasteiger partial charge in [-0.25, -0.2) is 4.98 Å². The normalized spacial score (nSPS) is 10.7. The first-order chi connectivity index (χ1) is 13.1. The Morgan fingerprint density at radius 3 is 2.67 bits per heavy atom. The lowest BCUT2D eigenvalue weighted by molar-refractivity contribution is -0.385. The van der Waals surface area contributed by atoms with Gasteiger partial charge >= 0.3 is 5.69 Å². The highest BCUT2D eigenvalue weighted by molar-refractivity contribution is 7.14. The second-order valence-electron chi connectivity index (χ2n) is 5.31. The van der Waals surface area contributed by atoms with Crippen molar-refractivity contribution in [1.29, 1.82) is 0 Å². The fourth-order valence-corrected chi connectivity index (χ4v) is 3.07. The van der Waals surface area contributed by atoms with E-state index in [0.29, 0.717) is 10.7 Å². The number of thiazole rings is 1. The lowest BCUT2D eigenvalue weighted by atomic mass is 10.2. The van der Waals surface area contributed by atoms with Gasteiger partial charge in [0, 0.05) is 22.6 Å². The smallest absolute Gasteiger partial charge is 0.315 e. The number of methoxy groups -OCH3 is 2. The van der Waals surface area contributed by atoms with Crippen molar-refractivity contribution in [3.05, 3.63) is 63.5 Å². The minimum Gasteiger partial charge on any atom is -0.493 e. The number of benzene rings is 2. The molecule has 9 heteroatoms. The van der Waals surface area contributed by atoms with Crippen molar-refractivity contribution in [2.24, 2.45) is 5.10 Å². The zero-order valence-electron chi connectivity index (χ0n) is 14.6. The Morgan fingerprint density at radius 1 is 1.22 bits per heavy atom. The van der Waals surface area contributed by atoms with E-state index < -0.39 is 4.92 Å². The van der Waals surface area contributed by atoms with Crippen LogP contribution in [0, 0.1) is 10.1 Å². The zero-order chi connectivity index (χ0) is 19.2. The Kier molecular flexibility index (Phi) is 5.62.